The van der Waals surface area contributed by atoms with Crippen molar-refractivity contribution in [2.45, 2.75) is 6.42 Å². The number of halogens is 1. The maximum Gasteiger partial charge on any atom is 0.222 e. The van der Waals surface area contributed by atoms with E-state index >= 15 is 0 Å². The second kappa shape index (κ2) is 5.66. The number of ether oxygens (including phenoxy) is 1. The molecule has 0 aliphatic heterocycles. The zero-order valence-electron chi connectivity index (χ0n) is 9.27. The van der Waals surface area contributed by atoms with E-state index < -0.39 is 0 Å². The largest absolute Gasteiger partial charge is 0.437 e. The van der Waals surface area contributed by atoms with Crippen molar-refractivity contribution in [3.8, 4) is 11.6 Å². The molecule has 4 heteroatoms. The van der Waals surface area contributed by atoms with E-state index in [1.165, 1.54) is 0 Å². The molecule has 0 unspecified atom stereocenters. The van der Waals surface area contributed by atoms with Gasteiger partial charge in [-0.2, -0.15) is 0 Å². The van der Waals surface area contributed by atoms with Crippen LogP contribution in [-0.4, -0.2) is 11.5 Å². The molecule has 0 bridgehead atoms. The summed E-state index contributed by atoms with van der Waals surface area (Å²) < 4.78 is 5.69. The van der Waals surface area contributed by atoms with Gasteiger partial charge >= 0.3 is 0 Å². The lowest BCUT2D eigenvalue weighted by atomic mass is 10.2. The quantitative estimate of drug-likeness (QED) is 0.905. The minimum Gasteiger partial charge on any atom is -0.437 e. The number of rotatable bonds is 4. The van der Waals surface area contributed by atoms with Gasteiger partial charge in [-0.3, -0.25) is 0 Å². The van der Waals surface area contributed by atoms with Crippen molar-refractivity contribution in [3.63, 3.8) is 0 Å². The van der Waals surface area contributed by atoms with Crippen molar-refractivity contribution in [1.29, 1.82) is 0 Å². The molecule has 88 valence electrons. The molecule has 2 aromatic rings. The Labute approximate surface area is 105 Å². The Morgan fingerprint density at radius 2 is 2.00 bits per heavy atom. The zero-order valence-corrected chi connectivity index (χ0v) is 10.0. The fourth-order valence-electron chi connectivity index (χ4n) is 1.49. The molecular formula is C13H13ClN2O. The van der Waals surface area contributed by atoms with E-state index in [4.69, 9.17) is 22.1 Å². The van der Waals surface area contributed by atoms with Crippen LogP contribution < -0.4 is 10.5 Å². The maximum absolute atomic E-state index is 6.03. The molecule has 1 aromatic heterocycles. The summed E-state index contributed by atoms with van der Waals surface area (Å²) in [4.78, 5) is 4.20. The number of aromatic nitrogens is 1. The van der Waals surface area contributed by atoms with Crippen molar-refractivity contribution in [3.05, 3.63) is 53.2 Å². The molecular weight excluding hydrogens is 236 g/mol. The van der Waals surface area contributed by atoms with Gasteiger partial charge in [-0.25, -0.2) is 4.98 Å². The number of nitrogens with zero attached hydrogens (tertiary/aromatic N) is 1. The van der Waals surface area contributed by atoms with Crippen LogP contribution in [0.1, 0.15) is 5.56 Å². The Bertz CT molecular complexity index is 502. The van der Waals surface area contributed by atoms with Crippen molar-refractivity contribution in [1.82, 2.24) is 4.98 Å². The van der Waals surface area contributed by atoms with E-state index in [9.17, 15) is 0 Å². The molecule has 2 N–H and O–H groups in total. The molecule has 0 saturated carbocycles. The average Bonchev–Trinajstić information content (AvgIpc) is 2.35. The highest BCUT2D eigenvalue weighted by atomic mass is 35.5. The Balaban J connectivity index is 2.27. The normalized spacial score (nSPS) is 10.2. The second-order valence-electron chi connectivity index (χ2n) is 3.54. The Morgan fingerprint density at radius 1 is 1.18 bits per heavy atom. The van der Waals surface area contributed by atoms with E-state index in [0.29, 0.717) is 23.2 Å². The minimum atomic E-state index is 0.560. The molecule has 0 spiro atoms. The Morgan fingerprint density at radius 3 is 2.76 bits per heavy atom. The third-order valence-electron chi connectivity index (χ3n) is 2.31. The molecule has 3 nitrogen and oxygen atoms in total. The van der Waals surface area contributed by atoms with Crippen LogP contribution in [0.5, 0.6) is 11.6 Å². The van der Waals surface area contributed by atoms with Gasteiger partial charge in [-0.15, -0.1) is 0 Å². The van der Waals surface area contributed by atoms with Crippen LogP contribution in [0.25, 0.3) is 0 Å². The highest BCUT2D eigenvalue weighted by Gasteiger charge is 2.07. The van der Waals surface area contributed by atoms with Gasteiger partial charge in [-0.1, -0.05) is 29.8 Å². The summed E-state index contributed by atoms with van der Waals surface area (Å²) in [6.45, 7) is 0.560. The van der Waals surface area contributed by atoms with Gasteiger partial charge < -0.3 is 10.5 Å². The van der Waals surface area contributed by atoms with E-state index in [1.54, 1.807) is 12.3 Å². The van der Waals surface area contributed by atoms with Crippen LogP contribution in [0, 0.1) is 0 Å². The first kappa shape index (κ1) is 11.9. The van der Waals surface area contributed by atoms with Crippen molar-refractivity contribution >= 4 is 11.6 Å². The molecule has 0 amide bonds. The highest BCUT2D eigenvalue weighted by Crippen LogP contribution is 2.29. The van der Waals surface area contributed by atoms with Gasteiger partial charge in [-0.05, 0) is 31.2 Å². The van der Waals surface area contributed by atoms with Crippen LogP contribution >= 0.6 is 11.6 Å². The lowest BCUT2D eigenvalue weighted by Crippen LogP contribution is -2.04. The molecule has 1 aromatic carbocycles. The average molecular weight is 249 g/mol. The predicted octanol–water partition coefficient (Wildman–Crippen LogP) is 3.03. The van der Waals surface area contributed by atoms with Crippen molar-refractivity contribution in [2.24, 2.45) is 5.73 Å². The first-order chi connectivity index (χ1) is 8.31. The molecule has 0 fully saturated rings. The Kier molecular flexibility index (Phi) is 3.96. The predicted molar refractivity (Wildman–Crippen MR) is 68.5 cm³/mol. The molecule has 2 rings (SSSR count). The standard InChI is InChI=1S/C13H13ClN2O/c14-11-5-1-2-6-12(11)17-13-10(7-8-15)4-3-9-16-13/h1-6,9H,7-8,15H2. The zero-order chi connectivity index (χ0) is 12.1. The van der Waals surface area contributed by atoms with Crippen LogP contribution in [-0.2, 0) is 6.42 Å². The third kappa shape index (κ3) is 2.96. The van der Waals surface area contributed by atoms with E-state index in [2.05, 4.69) is 4.98 Å². The van der Waals surface area contributed by atoms with Gasteiger partial charge in [0.15, 0.2) is 0 Å². The second-order valence-corrected chi connectivity index (χ2v) is 3.95. The van der Waals surface area contributed by atoms with Crippen molar-refractivity contribution in [2.75, 3.05) is 6.54 Å². The number of hydrogen-bond donors (Lipinski definition) is 1. The molecule has 1 heterocycles. The SMILES string of the molecule is NCCc1cccnc1Oc1ccccc1Cl. The monoisotopic (exact) mass is 248 g/mol. The van der Waals surface area contributed by atoms with Crippen LogP contribution in [0.2, 0.25) is 5.02 Å². The summed E-state index contributed by atoms with van der Waals surface area (Å²) in [5.41, 5.74) is 6.52. The molecule has 0 aliphatic carbocycles. The fraction of sp³-hybridized carbons (Fsp3) is 0.154. The summed E-state index contributed by atoms with van der Waals surface area (Å²) in [7, 11) is 0. The number of hydrogen-bond acceptors (Lipinski definition) is 3. The fourth-order valence-corrected chi connectivity index (χ4v) is 1.67. The number of para-hydroxylation sites is 1. The van der Waals surface area contributed by atoms with Gasteiger partial charge in [0, 0.05) is 11.8 Å². The molecule has 0 atom stereocenters. The summed E-state index contributed by atoms with van der Waals surface area (Å²) >= 11 is 6.03. The number of nitrogens with two attached hydrogens (primary N) is 1. The smallest absolute Gasteiger partial charge is 0.222 e. The van der Waals surface area contributed by atoms with Crippen LogP contribution in [0.3, 0.4) is 0 Å². The van der Waals surface area contributed by atoms with Gasteiger partial charge in [0.05, 0.1) is 5.02 Å². The van der Waals surface area contributed by atoms with Gasteiger partial charge in [0.25, 0.3) is 0 Å². The summed E-state index contributed by atoms with van der Waals surface area (Å²) in [5, 5.41) is 0.567. The Hall–Kier alpha value is -1.58. The van der Waals surface area contributed by atoms with E-state index in [0.717, 1.165) is 12.0 Å². The van der Waals surface area contributed by atoms with E-state index in [1.807, 2.05) is 30.3 Å². The number of benzene rings is 1. The molecule has 0 radical (unpaired) electrons. The van der Waals surface area contributed by atoms with Crippen LogP contribution in [0.4, 0.5) is 0 Å². The first-order valence-corrected chi connectivity index (χ1v) is 5.75. The summed E-state index contributed by atoms with van der Waals surface area (Å²) in [6, 6.07) is 11.1. The lowest BCUT2D eigenvalue weighted by molar-refractivity contribution is 0.456. The topological polar surface area (TPSA) is 48.1 Å². The lowest BCUT2D eigenvalue weighted by Gasteiger charge is -2.09. The highest BCUT2D eigenvalue weighted by molar-refractivity contribution is 6.32. The summed E-state index contributed by atoms with van der Waals surface area (Å²) in [6.07, 6.45) is 2.42. The maximum atomic E-state index is 6.03. The first-order valence-electron chi connectivity index (χ1n) is 5.37. The summed E-state index contributed by atoms with van der Waals surface area (Å²) in [5.74, 6) is 1.16. The van der Waals surface area contributed by atoms with Gasteiger partial charge in [0.1, 0.15) is 5.75 Å². The van der Waals surface area contributed by atoms with E-state index in [-0.39, 0.29) is 0 Å². The van der Waals surface area contributed by atoms with Crippen molar-refractivity contribution < 1.29 is 4.74 Å². The molecule has 17 heavy (non-hydrogen) atoms. The molecule has 0 aliphatic rings. The number of pyridine rings is 1. The third-order valence-corrected chi connectivity index (χ3v) is 2.62. The molecule has 0 saturated heterocycles. The van der Waals surface area contributed by atoms with Gasteiger partial charge in [0.2, 0.25) is 5.88 Å². The van der Waals surface area contributed by atoms with Crippen LogP contribution in [0.15, 0.2) is 42.6 Å². The minimum absolute atomic E-state index is 0.560.